The molecule has 0 bridgehead atoms. The van der Waals surface area contributed by atoms with Gasteiger partial charge in [-0.05, 0) is 28.3 Å². The smallest absolute Gasteiger partial charge is 0.392 e. The van der Waals surface area contributed by atoms with Crippen LogP contribution in [0.4, 0.5) is 4.79 Å². The van der Waals surface area contributed by atoms with Crippen molar-refractivity contribution >= 4 is 27.7 Å². The zero-order chi connectivity index (χ0) is 12.5. The predicted octanol–water partition coefficient (Wildman–Crippen LogP) is 3.92. The molecular formula is C15H9O3. The number of ether oxygens (including phenoxy) is 1. The van der Waals surface area contributed by atoms with Crippen LogP contribution >= 0.6 is 0 Å². The second kappa shape index (κ2) is 4.04. The van der Waals surface area contributed by atoms with Crippen molar-refractivity contribution < 1.29 is 14.6 Å². The highest BCUT2D eigenvalue weighted by Crippen LogP contribution is 2.31. The Bertz CT molecular complexity index is 747. The average Bonchev–Trinajstić information content (AvgIpc) is 2.38. The molecule has 0 saturated heterocycles. The fraction of sp³-hybridized carbons (Fsp3) is 0. The number of carbonyl (C=O) groups is 1. The summed E-state index contributed by atoms with van der Waals surface area (Å²) in [6, 6.07) is 17.1. The zero-order valence-corrected chi connectivity index (χ0v) is 9.42. The molecule has 0 aromatic heterocycles. The lowest BCUT2D eigenvalue weighted by Gasteiger charge is -2.07. The van der Waals surface area contributed by atoms with Crippen molar-refractivity contribution in [1.82, 2.24) is 0 Å². The van der Waals surface area contributed by atoms with Gasteiger partial charge in [-0.25, -0.2) is 0 Å². The van der Waals surface area contributed by atoms with Crippen LogP contribution in [0.3, 0.4) is 0 Å². The Morgan fingerprint density at radius 1 is 0.778 bits per heavy atom. The molecule has 0 fully saturated rings. The van der Waals surface area contributed by atoms with Crippen molar-refractivity contribution in [3.63, 3.8) is 0 Å². The lowest BCUT2D eigenvalue weighted by atomic mass is 10.0. The van der Waals surface area contributed by atoms with Gasteiger partial charge in [-0.3, -0.25) is 0 Å². The van der Waals surface area contributed by atoms with Gasteiger partial charge in [0, 0.05) is 5.39 Å². The van der Waals surface area contributed by atoms with E-state index in [4.69, 9.17) is 0 Å². The second-order valence-corrected chi connectivity index (χ2v) is 3.99. The molecule has 0 amide bonds. The van der Waals surface area contributed by atoms with Crippen molar-refractivity contribution in [2.45, 2.75) is 0 Å². The van der Waals surface area contributed by atoms with E-state index in [9.17, 15) is 9.90 Å². The van der Waals surface area contributed by atoms with Crippen LogP contribution in [0.1, 0.15) is 0 Å². The molecule has 0 N–H and O–H groups in total. The van der Waals surface area contributed by atoms with Crippen LogP contribution in [0.15, 0.2) is 54.6 Å². The fourth-order valence-electron chi connectivity index (χ4n) is 2.19. The summed E-state index contributed by atoms with van der Waals surface area (Å²) in [5, 5.41) is 14.4. The molecule has 18 heavy (non-hydrogen) atoms. The number of hydrogen-bond acceptors (Lipinski definition) is 2. The van der Waals surface area contributed by atoms with E-state index in [1.807, 2.05) is 42.5 Å². The highest BCUT2D eigenvalue weighted by Gasteiger charge is 2.08. The normalized spacial score (nSPS) is 10.7. The number of benzene rings is 3. The number of carbonyl (C=O) groups excluding carboxylic acids is 1. The van der Waals surface area contributed by atoms with E-state index in [1.165, 1.54) is 0 Å². The summed E-state index contributed by atoms with van der Waals surface area (Å²) in [6.07, 6.45) is -1.55. The first kappa shape index (κ1) is 10.6. The standard InChI is InChI=1S/C15H9O3/c16-15(17)18-14-7-3-6-12-11-5-2-1-4-10(11)8-9-13(12)14/h1-9H. The van der Waals surface area contributed by atoms with Crippen molar-refractivity contribution in [2.75, 3.05) is 0 Å². The van der Waals surface area contributed by atoms with Crippen molar-refractivity contribution in [1.29, 1.82) is 0 Å². The van der Waals surface area contributed by atoms with Gasteiger partial charge in [-0.2, -0.15) is 9.90 Å². The van der Waals surface area contributed by atoms with Gasteiger partial charge in [0.05, 0.1) is 0 Å². The van der Waals surface area contributed by atoms with Crippen LogP contribution in [-0.2, 0) is 5.11 Å². The van der Waals surface area contributed by atoms with Gasteiger partial charge in [0.1, 0.15) is 5.75 Å². The topological polar surface area (TPSA) is 46.2 Å². The Labute approximate surface area is 103 Å². The zero-order valence-electron chi connectivity index (χ0n) is 9.42. The van der Waals surface area contributed by atoms with Gasteiger partial charge in [0.25, 0.3) is 0 Å². The molecule has 0 spiro atoms. The first-order valence-corrected chi connectivity index (χ1v) is 5.55. The minimum atomic E-state index is -1.55. The van der Waals surface area contributed by atoms with E-state index >= 15 is 0 Å². The summed E-state index contributed by atoms with van der Waals surface area (Å²) < 4.78 is 4.68. The molecule has 3 aromatic carbocycles. The maximum absolute atomic E-state index is 10.5. The molecular weight excluding hydrogens is 228 g/mol. The molecule has 3 rings (SSSR count). The lowest BCUT2D eigenvalue weighted by molar-refractivity contribution is 0.118. The van der Waals surface area contributed by atoms with Gasteiger partial charge in [0.15, 0.2) is 0 Å². The maximum atomic E-state index is 10.5. The monoisotopic (exact) mass is 237 g/mol. The fourth-order valence-corrected chi connectivity index (χ4v) is 2.19. The Morgan fingerprint density at radius 3 is 2.39 bits per heavy atom. The molecule has 0 saturated carbocycles. The maximum Gasteiger partial charge on any atom is 0.555 e. The Balaban J connectivity index is 2.36. The summed E-state index contributed by atoms with van der Waals surface area (Å²) in [6.45, 7) is 0. The number of hydrogen-bond donors (Lipinski definition) is 0. The highest BCUT2D eigenvalue weighted by atomic mass is 16.7. The molecule has 0 heterocycles. The largest absolute Gasteiger partial charge is 0.555 e. The van der Waals surface area contributed by atoms with E-state index in [1.54, 1.807) is 12.1 Å². The minimum absolute atomic E-state index is 0.304. The second-order valence-electron chi connectivity index (χ2n) is 3.99. The first-order valence-electron chi connectivity index (χ1n) is 5.55. The highest BCUT2D eigenvalue weighted by molar-refractivity contribution is 6.09. The van der Waals surface area contributed by atoms with Gasteiger partial charge in [-0.1, -0.05) is 42.5 Å². The third kappa shape index (κ3) is 1.66. The molecule has 0 aliphatic heterocycles. The summed E-state index contributed by atoms with van der Waals surface area (Å²) in [5.41, 5.74) is 0. The molecule has 3 nitrogen and oxygen atoms in total. The minimum Gasteiger partial charge on any atom is -0.392 e. The summed E-state index contributed by atoms with van der Waals surface area (Å²) in [4.78, 5) is 10.5. The predicted molar refractivity (Wildman–Crippen MR) is 68.2 cm³/mol. The number of rotatable bonds is 1. The lowest BCUT2D eigenvalue weighted by Crippen LogP contribution is -2.01. The summed E-state index contributed by atoms with van der Waals surface area (Å²) in [5.74, 6) is 0.304. The number of fused-ring (bicyclic) bond motifs is 3. The quantitative estimate of drug-likeness (QED) is 0.366. The SMILES string of the molecule is [O]C(=O)Oc1cccc2c1ccc1ccccc12. The Kier molecular flexibility index (Phi) is 2.38. The molecule has 87 valence electrons. The molecule has 0 aliphatic carbocycles. The molecule has 3 aromatic rings. The van der Waals surface area contributed by atoms with Gasteiger partial charge < -0.3 is 4.74 Å². The third-order valence-electron chi connectivity index (χ3n) is 2.94. The van der Waals surface area contributed by atoms with Crippen molar-refractivity contribution in [3.8, 4) is 5.75 Å². The third-order valence-corrected chi connectivity index (χ3v) is 2.94. The van der Waals surface area contributed by atoms with Crippen LogP contribution in [0, 0.1) is 0 Å². The van der Waals surface area contributed by atoms with Crippen molar-refractivity contribution in [2.24, 2.45) is 0 Å². The van der Waals surface area contributed by atoms with E-state index in [0.29, 0.717) is 5.75 Å². The van der Waals surface area contributed by atoms with Gasteiger partial charge >= 0.3 is 6.16 Å². The summed E-state index contributed by atoms with van der Waals surface area (Å²) in [7, 11) is 0. The van der Waals surface area contributed by atoms with E-state index in [0.717, 1.165) is 21.5 Å². The van der Waals surface area contributed by atoms with E-state index in [2.05, 4.69) is 4.74 Å². The summed E-state index contributed by atoms with van der Waals surface area (Å²) >= 11 is 0. The molecule has 3 heteroatoms. The van der Waals surface area contributed by atoms with E-state index in [-0.39, 0.29) is 0 Å². The molecule has 0 atom stereocenters. The molecule has 0 unspecified atom stereocenters. The van der Waals surface area contributed by atoms with Crippen LogP contribution in [0.25, 0.3) is 21.5 Å². The Hall–Kier alpha value is -2.55. The van der Waals surface area contributed by atoms with Crippen LogP contribution in [-0.4, -0.2) is 6.16 Å². The van der Waals surface area contributed by atoms with Crippen molar-refractivity contribution in [3.05, 3.63) is 54.6 Å². The first-order chi connectivity index (χ1) is 8.75. The average molecular weight is 237 g/mol. The van der Waals surface area contributed by atoms with Crippen LogP contribution in [0.5, 0.6) is 5.75 Å². The van der Waals surface area contributed by atoms with E-state index < -0.39 is 6.16 Å². The molecule has 0 aliphatic rings. The van der Waals surface area contributed by atoms with Crippen LogP contribution < -0.4 is 4.74 Å². The van der Waals surface area contributed by atoms with Crippen LogP contribution in [0.2, 0.25) is 0 Å². The van der Waals surface area contributed by atoms with Gasteiger partial charge in [0.2, 0.25) is 0 Å². The molecule has 1 radical (unpaired) electrons. The Morgan fingerprint density at radius 2 is 1.56 bits per heavy atom. The van der Waals surface area contributed by atoms with Gasteiger partial charge in [-0.15, -0.1) is 0 Å².